The predicted octanol–water partition coefficient (Wildman–Crippen LogP) is 7.65. The van der Waals surface area contributed by atoms with Crippen molar-refractivity contribution in [3.05, 3.63) is 24.3 Å². The average Bonchev–Trinajstić information content (AvgIpc) is 2.53. The van der Waals surface area contributed by atoms with E-state index >= 15 is 0 Å². The van der Waals surface area contributed by atoms with Gasteiger partial charge in [0, 0.05) is 6.61 Å². The fourth-order valence-corrected chi connectivity index (χ4v) is 7.92. The topological polar surface area (TPSA) is 9.23 Å². The monoisotopic (exact) mass is 338 g/mol. The van der Waals surface area contributed by atoms with Gasteiger partial charge in [-0.3, -0.25) is 0 Å². The second-order valence-electron chi connectivity index (χ2n) is 6.79. The molecule has 0 saturated heterocycles. The minimum Gasteiger partial charge on any atom is -0.417 e. The van der Waals surface area contributed by atoms with Crippen molar-refractivity contribution in [3.63, 3.8) is 0 Å². The zero-order valence-corrected chi connectivity index (χ0v) is 17.4. The Bertz CT molecular complexity index is 279. The van der Waals surface area contributed by atoms with Crippen LogP contribution in [0.2, 0.25) is 18.1 Å². The Balaban J connectivity index is 3.76. The average molecular weight is 339 g/mol. The summed E-state index contributed by atoms with van der Waals surface area (Å²) in [5, 5.41) is 0. The normalized spacial score (nSPS) is 12.7. The molecule has 2 heteroatoms. The summed E-state index contributed by atoms with van der Waals surface area (Å²) in [6.45, 7) is 10.0. The van der Waals surface area contributed by atoms with Crippen molar-refractivity contribution in [3.8, 4) is 0 Å². The number of hydrogen-bond acceptors (Lipinski definition) is 1. The van der Waals surface area contributed by atoms with E-state index in [2.05, 4.69) is 52.0 Å². The van der Waals surface area contributed by atoms with Crippen LogP contribution in [0, 0.1) is 0 Å². The van der Waals surface area contributed by atoms with Gasteiger partial charge in [0.05, 0.1) is 0 Å². The van der Waals surface area contributed by atoms with Crippen molar-refractivity contribution in [2.45, 2.75) is 104 Å². The summed E-state index contributed by atoms with van der Waals surface area (Å²) >= 11 is 0. The van der Waals surface area contributed by atoms with Crippen molar-refractivity contribution >= 4 is 8.32 Å². The maximum Gasteiger partial charge on any atom is 0.192 e. The molecule has 0 bridgehead atoms. The lowest BCUT2D eigenvalue weighted by Gasteiger charge is -2.31. The summed E-state index contributed by atoms with van der Waals surface area (Å²) in [5.74, 6) is 0. The molecule has 0 fully saturated rings. The quantitative estimate of drug-likeness (QED) is 0.159. The van der Waals surface area contributed by atoms with Crippen LogP contribution >= 0.6 is 0 Å². The Morgan fingerprint density at radius 3 is 1.87 bits per heavy atom. The Kier molecular flexibility index (Phi) is 16.3. The van der Waals surface area contributed by atoms with E-state index in [1.54, 1.807) is 0 Å². The van der Waals surface area contributed by atoms with Crippen LogP contribution in [-0.4, -0.2) is 14.9 Å². The summed E-state index contributed by atoms with van der Waals surface area (Å²) in [7, 11) is -1.41. The summed E-state index contributed by atoms with van der Waals surface area (Å²) in [6, 6.07) is 4.10. The van der Waals surface area contributed by atoms with Gasteiger partial charge in [-0.15, -0.1) is 0 Å². The zero-order valence-electron chi connectivity index (χ0n) is 16.4. The molecular formula is C21H42OSi. The molecule has 0 N–H and O–H groups in total. The van der Waals surface area contributed by atoms with Crippen molar-refractivity contribution in [1.82, 2.24) is 0 Å². The fourth-order valence-electron chi connectivity index (χ4n) is 3.43. The molecule has 0 spiro atoms. The first kappa shape index (κ1) is 22.7. The molecule has 0 amide bonds. The summed E-state index contributed by atoms with van der Waals surface area (Å²) in [4.78, 5) is 0. The van der Waals surface area contributed by atoms with Crippen LogP contribution in [0.1, 0.15) is 85.5 Å². The van der Waals surface area contributed by atoms with Crippen LogP contribution in [0.4, 0.5) is 0 Å². The van der Waals surface area contributed by atoms with E-state index in [9.17, 15) is 0 Å². The predicted molar refractivity (Wildman–Crippen MR) is 109 cm³/mol. The van der Waals surface area contributed by atoms with Gasteiger partial charge in [0.25, 0.3) is 0 Å². The van der Waals surface area contributed by atoms with Crippen LogP contribution in [0.5, 0.6) is 0 Å². The molecule has 1 nitrogen and oxygen atoms in total. The van der Waals surface area contributed by atoms with Gasteiger partial charge in [0.1, 0.15) is 0 Å². The zero-order chi connectivity index (χ0) is 17.2. The Labute approximate surface area is 147 Å². The Hall–Kier alpha value is -0.343. The maximum absolute atomic E-state index is 6.54. The standard InChI is InChI=1S/C21H42OSi/c1-5-9-10-11-12-13-14-15-16-17-18-22-23(19-6-2,20-7-3)21-8-4/h5,9-11H,6-8,12-21H2,1-4H3/b9-5+,11-10+. The van der Waals surface area contributed by atoms with Crippen LogP contribution in [0.15, 0.2) is 24.3 Å². The fraction of sp³-hybridized carbons (Fsp3) is 0.810. The molecule has 0 aromatic rings. The lowest BCUT2D eigenvalue weighted by Crippen LogP contribution is -2.38. The highest BCUT2D eigenvalue weighted by molar-refractivity contribution is 6.73. The molecule has 0 heterocycles. The van der Waals surface area contributed by atoms with E-state index in [0.29, 0.717) is 0 Å². The molecule has 0 aliphatic rings. The summed E-state index contributed by atoms with van der Waals surface area (Å²) in [6.07, 6.45) is 20.4. The Morgan fingerprint density at radius 1 is 0.739 bits per heavy atom. The number of unbranched alkanes of at least 4 members (excludes halogenated alkanes) is 5. The molecule has 0 saturated carbocycles. The lowest BCUT2D eigenvalue weighted by atomic mass is 10.1. The maximum atomic E-state index is 6.54. The van der Waals surface area contributed by atoms with Gasteiger partial charge in [-0.05, 0) is 44.3 Å². The molecule has 0 aliphatic carbocycles. The molecule has 0 unspecified atom stereocenters. The largest absolute Gasteiger partial charge is 0.417 e. The molecule has 23 heavy (non-hydrogen) atoms. The third-order valence-corrected chi connectivity index (χ3v) is 9.53. The molecule has 0 radical (unpaired) electrons. The van der Waals surface area contributed by atoms with Crippen LogP contribution in [-0.2, 0) is 4.43 Å². The van der Waals surface area contributed by atoms with Gasteiger partial charge in [0.15, 0.2) is 8.32 Å². The van der Waals surface area contributed by atoms with Crippen LogP contribution < -0.4 is 0 Å². The van der Waals surface area contributed by atoms with Crippen LogP contribution in [0.3, 0.4) is 0 Å². The first-order chi connectivity index (χ1) is 11.2. The molecule has 0 aliphatic heterocycles. The second kappa shape index (κ2) is 16.5. The van der Waals surface area contributed by atoms with E-state index in [-0.39, 0.29) is 0 Å². The molecular weight excluding hydrogens is 296 g/mol. The molecule has 136 valence electrons. The van der Waals surface area contributed by atoms with E-state index in [0.717, 1.165) is 6.61 Å². The van der Waals surface area contributed by atoms with Gasteiger partial charge in [-0.1, -0.05) is 83.6 Å². The summed E-state index contributed by atoms with van der Waals surface area (Å²) in [5.41, 5.74) is 0. The van der Waals surface area contributed by atoms with Gasteiger partial charge in [0.2, 0.25) is 0 Å². The van der Waals surface area contributed by atoms with Crippen molar-refractivity contribution in [2.24, 2.45) is 0 Å². The van der Waals surface area contributed by atoms with E-state index in [1.807, 2.05) is 0 Å². The first-order valence-corrected chi connectivity index (χ1v) is 12.7. The lowest BCUT2D eigenvalue weighted by molar-refractivity contribution is 0.283. The SMILES string of the molecule is C/C=C/C=C/CCCCCCCO[Si](CCC)(CCC)CCC. The van der Waals surface area contributed by atoms with Gasteiger partial charge < -0.3 is 4.43 Å². The Morgan fingerprint density at radius 2 is 1.30 bits per heavy atom. The highest BCUT2D eigenvalue weighted by Gasteiger charge is 2.31. The highest BCUT2D eigenvalue weighted by Crippen LogP contribution is 2.27. The van der Waals surface area contributed by atoms with E-state index < -0.39 is 8.32 Å². The third kappa shape index (κ3) is 12.7. The van der Waals surface area contributed by atoms with Gasteiger partial charge in [-0.25, -0.2) is 0 Å². The molecule has 0 rings (SSSR count). The molecule has 0 aromatic carbocycles. The van der Waals surface area contributed by atoms with E-state index in [4.69, 9.17) is 4.43 Å². The number of rotatable bonds is 16. The van der Waals surface area contributed by atoms with Crippen LogP contribution in [0.25, 0.3) is 0 Å². The first-order valence-electron chi connectivity index (χ1n) is 10.2. The molecule has 0 aromatic heterocycles. The van der Waals surface area contributed by atoms with E-state index in [1.165, 1.54) is 75.9 Å². The van der Waals surface area contributed by atoms with Crippen molar-refractivity contribution < 1.29 is 4.43 Å². The minimum atomic E-state index is -1.41. The van der Waals surface area contributed by atoms with Gasteiger partial charge in [-0.2, -0.15) is 0 Å². The molecule has 0 atom stereocenters. The van der Waals surface area contributed by atoms with Gasteiger partial charge >= 0.3 is 0 Å². The highest BCUT2D eigenvalue weighted by atomic mass is 28.4. The second-order valence-corrected chi connectivity index (χ2v) is 10.9. The summed E-state index contributed by atoms with van der Waals surface area (Å²) < 4.78 is 6.54. The number of hydrogen-bond donors (Lipinski definition) is 0. The van der Waals surface area contributed by atoms with Crippen molar-refractivity contribution in [2.75, 3.05) is 6.61 Å². The smallest absolute Gasteiger partial charge is 0.192 e. The minimum absolute atomic E-state index is 1.02. The number of allylic oxidation sites excluding steroid dienone is 4. The van der Waals surface area contributed by atoms with Crippen molar-refractivity contribution in [1.29, 1.82) is 0 Å². The third-order valence-electron chi connectivity index (χ3n) is 4.48.